The number of carbonyl (C=O) groups is 2. The second-order valence-electron chi connectivity index (χ2n) is 6.26. The van der Waals surface area contributed by atoms with Gasteiger partial charge < -0.3 is 10.6 Å². The largest absolute Gasteiger partial charge is 0.324 e. The summed E-state index contributed by atoms with van der Waals surface area (Å²) in [5.41, 5.74) is 3.25. The second-order valence-corrected chi connectivity index (χ2v) is 6.26. The lowest BCUT2D eigenvalue weighted by molar-refractivity contribution is -0.125. The highest BCUT2D eigenvalue weighted by molar-refractivity contribution is 6.02. The third kappa shape index (κ3) is 2.86. The highest BCUT2D eigenvalue weighted by Gasteiger charge is 2.34. The minimum absolute atomic E-state index is 0.0566. The Morgan fingerprint density at radius 2 is 1.77 bits per heavy atom. The van der Waals surface area contributed by atoms with Crippen LogP contribution in [0.2, 0.25) is 0 Å². The molecule has 1 aliphatic rings. The van der Waals surface area contributed by atoms with Crippen molar-refractivity contribution in [2.45, 2.75) is 19.4 Å². The normalized spacial score (nSPS) is 15.9. The molecule has 2 amide bonds. The van der Waals surface area contributed by atoms with Crippen LogP contribution >= 0.6 is 0 Å². The third-order valence-electron chi connectivity index (χ3n) is 4.47. The molecule has 0 radical (unpaired) electrons. The fourth-order valence-corrected chi connectivity index (χ4v) is 3.16. The highest BCUT2D eigenvalue weighted by atomic mass is 16.2. The molecule has 6 nitrogen and oxygen atoms in total. The van der Waals surface area contributed by atoms with E-state index in [1.165, 1.54) is 0 Å². The molecule has 4 rings (SSSR count). The fraction of sp³-hybridized carbons (Fsp3) is 0.150. The molecule has 1 aromatic heterocycles. The summed E-state index contributed by atoms with van der Waals surface area (Å²) in [6.07, 6.45) is 0.0566. The molecule has 0 spiro atoms. The average Bonchev–Trinajstić information content (AvgIpc) is 2.99. The van der Waals surface area contributed by atoms with Gasteiger partial charge in [0.1, 0.15) is 11.9 Å². The van der Waals surface area contributed by atoms with Crippen molar-refractivity contribution in [3.63, 3.8) is 0 Å². The predicted octanol–water partition coefficient (Wildman–Crippen LogP) is 3.38. The van der Waals surface area contributed by atoms with Crippen LogP contribution in [0.5, 0.6) is 0 Å². The number of benzene rings is 2. The van der Waals surface area contributed by atoms with E-state index >= 15 is 0 Å². The standard InChI is InChI=1S/C20H18N4O2/c1-13-18(14-8-4-2-5-9-14)23-24-16(12-17(25)22-19(13)24)20(26)21-15-10-6-3-7-11-15/h2-11,16H,12H2,1H3,(H,21,26)(H,22,25)/t16-/m0/s1. The Morgan fingerprint density at radius 1 is 1.12 bits per heavy atom. The van der Waals surface area contributed by atoms with E-state index in [4.69, 9.17) is 0 Å². The molecule has 0 unspecified atom stereocenters. The molecule has 0 aliphatic carbocycles. The van der Waals surface area contributed by atoms with Gasteiger partial charge in [0.2, 0.25) is 11.8 Å². The van der Waals surface area contributed by atoms with Crippen molar-refractivity contribution in [1.29, 1.82) is 0 Å². The minimum atomic E-state index is -0.685. The number of nitrogens with one attached hydrogen (secondary N) is 2. The first-order valence-corrected chi connectivity index (χ1v) is 8.44. The zero-order chi connectivity index (χ0) is 18.1. The number of anilines is 2. The van der Waals surface area contributed by atoms with Crippen LogP contribution in [-0.4, -0.2) is 21.6 Å². The second kappa shape index (κ2) is 6.48. The van der Waals surface area contributed by atoms with Gasteiger partial charge in [0.05, 0.1) is 12.1 Å². The molecular formula is C20H18N4O2. The van der Waals surface area contributed by atoms with E-state index in [2.05, 4.69) is 15.7 Å². The highest BCUT2D eigenvalue weighted by Crippen LogP contribution is 2.34. The van der Waals surface area contributed by atoms with E-state index in [1.54, 1.807) is 4.68 Å². The van der Waals surface area contributed by atoms with E-state index in [1.807, 2.05) is 67.6 Å². The quantitative estimate of drug-likeness (QED) is 0.763. The van der Waals surface area contributed by atoms with E-state index in [0.717, 1.165) is 16.8 Å². The lowest BCUT2D eigenvalue weighted by Crippen LogP contribution is -2.35. The van der Waals surface area contributed by atoms with Crippen LogP contribution in [-0.2, 0) is 9.59 Å². The molecule has 1 aliphatic heterocycles. The summed E-state index contributed by atoms with van der Waals surface area (Å²) in [4.78, 5) is 24.9. The van der Waals surface area contributed by atoms with Crippen molar-refractivity contribution in [2.24, 2.45) is 0 Å². The van der Waals surface area contributed by atoms with Gasteiger partial charge in [-0.05, 0) is 19.1 Å². The van der Waals surface area contributed by atoms with Crippen LogP contribution in [0.15, 0.2) is 60.7 Å². The molecule has 1 atom stereocenters. The van der Waals surface area contributed by atoms with Crippen molar-refractivity contribution in [3.8, 4) is 11.3 Å². The van der Waals surface area contributed by atoms with Crippen LogP contribution in [0.1, 0.15) is 18.0 Å². The Bertz CT molecular complexity index is 964. The maximum Gasteiger partial charge on any atom is 0.249 e. The number of para-hydroxylation sites is 1. The molecule has 2 N–H and O–H groups in total. The number of aromatic nitrogens is 2. The van der Waals surface area contributed by atoms with Gasteiger partial charge in [0.25, 0.3) is 0 Å². The number of fused-ring (bicyclic) bond motifs is 1. The van der Waals surface area contributed by atoms with Gasteiger partial charge in [0.15, 0.2) is 0 Å². The van der Waals surface area contributed by atoms with Crippen LogP contribution in [0.25, 0.3) is 11.3 Å². The van der Waals surface area contributed by atoms with Crippen molar-refractivity contribution in [3.05, 3.63) is 66.2 Å². The molecule has 6 heteroatoms. The molecule has 2 heterocycles. The van der Waals surface area contributed by atoms with E-state index < -0.39 is 6.04 Å². The summed E-state index contributed by atoms with van der Waals surface area (Å²) in [5, 5.41) is 10.4. The monoisotopic (exact) mass is 346 g/mol. The Hall–Kier alpha value is -3.41. The lowest BCUT2D eigenvalue weighted by atomic mass is 10.1. The third-order valence-corrected chi connectivity index (χ3v) is 4.47. The number of nitrogens with zero attached hydrogens (tertiary/aromatic N) is 2. The van der Waals surface area contributed by atoms with Gasteiger partial charge in [-0.2, -0.15) is 5.10 Å². The molecule has 3 aromatic rings. The molecule has 130 valence electrons. The zero-order valence-corrected chi connectivity index (χ0v) is 14.3. The first-order chi connectivity index (χ1) is 12.6. The van der Waals surface area contributed by atoms with E-state index in [-0.39, 0.29) is 18.2 Å². The van der Waals surface area contributed by atoms with Gasteiger partial charge in [-0.3, -0.25) is 9.59 Å². The van der Waals surface area contributed by atoms with Gasteiger partial charge in [-0.1, -0.05) is 48.5 Å². The zero-order valence-electron chi connectivity index (χ0n) is 14.3. The summed E-state index contributed by atoms with van der Waals surface area (Å²) >= 11 is 0. The van der Waals surface area contributed by atoms with Crippen LogP contribution in [0, 0.1) is 6.92 Å². The summed E-state index contributed by atoms with van der Waals surface area (Å²) in [6.45, 7) is 1.90. The lowest BCUT2D eigenvalue weighted by Gasteiger charge is -2.24. The molecule has 2 aromatic carbocycles. The molecular weight excluding hydrogens is 328 g/mol. The van der Waals surface area contributed by atoms with Crippen LogP contribution in [0.4, 0.5) is 11.5 Å². The Kier molecular flexibility index (Phi) is 4.01. The summed E-state index contributed by atoms with van der Waals surface area (Å²) in [5.74, 6) is 0.135. The number of carbonyl (C=O) groups excluding carboxylic acids is 2. The first-order valence-electron chi connectivity index (χ1n) is 8.44. The van der Waals surface area contributed by atoms with Crippen molar-refractivity contribution < 1.29 is 9.59 Å². The number of hydrogen-bond donors (Lipinski definition) is 2. The van der Waals surface area contributed by atoms with E-state index in [9.17, 15) is 9.59 Å². The Labute approximate surface area is 150 Å². The van der Waals surface area contributed by atoms with Crippen molar-refractivity contribution in [1.82, 2.24) is 9.78 Å². The number of rotatable bonds is 3. The minimum Gasteiger partial charge on any atom is -0.324 e. The molecule has 0 bridgehead atoms. The van der Waals surface area contributed by atoms with Gasteiger partial charge >= 0.3 is 0 Å². The van der Waals surface area contributed by atoms with Gasteiger partial charge in [-0.25, -0.2) is 4.68 Å². The maximum atomic E-state index is 12.8. The predicted molar refractivity (Wildman–Crippen MR) is 99.8 cm³/mol. The van der Waals surface area contributed by atoms with Gasteiger partial charge in [-0.15, -0.1) is 0 Å². The Balaban J connectivity index is 1.71. The number of amides is 2. The first kappa shape index (κ1) is 16.1. The summed E-state index contributed by atoms with van der Waals surface area (Å²) < 4.78 is 1.62. The van der Waals surface area contributed by atoms with Crippen molar-refractivity contribution in [2.75, 3.05) is 10.6 Å². The number of hydrogen-bond acceptors (Lipinski definition) is 3. The summed E-state index contributed by atoms with van der Waals surface area (Å²) in [7, 11) is 0. The van der Waals surface area contributed by atoms with Gasteiger partial charge in [0, 0.05) is 16.8 Å². The smallest absolute Gasteiger partial charge is 0.249 e. The average molecular weight is 346 g/mol. The maximum absolute atomic E-state index is 12.8. The molecule has 0 fully saturated rings. The molecule has 0 saturated carbocycles. The molecule has 0 saturated heterocycles. The van der Waals surface area contributed by atoms with Crippen LogP contribution < -0.4 is 10.6 Å². The Morgan fingerprint density at radius 3 is 2.46 bits per heavy atom. The van der Waals surface area contributed by atoms with E-state index in [0.29, 0.717) is 11.5 Å². The SMILES string of the molecule is Cc1c(-c2ccccc2)nn2c1NC(=O)C[C@H]2C(=O)Nc1ccccc1. The molecule has 26 heavy (non-hydrogen) atoms. The summed E-state index contributed by atoms with van der Waals surface area (Å²) in [6, 6.07) is 18.2. The van der Waals surface area contributed by atoms with Crippen LogP contribution in [0.3, 0.4) is 0 Å². The topological polar surface area (TPSA) is 76.0 Å². The fourth-order valence-electron chi connectivity index (χ4n) is 3.16. The van der Waals surface area contributed by atoms with Crippen molar-refractivity contribution >= 4 is 23.3 Å².